The van der Waals surface area contributed by atoms with Gasteiger partial charge in [-0.1, -0.05) is 31.7 Å². The van der Waals surface area contributed by atoms with Crippen LogP contribution in [0.25, 0.3) is 11.0 Å². The lowest BCUT2D eigenvalue weighted by atomic mass is 10.0. The first-order valence-electron chi connectivity index (χ1n) is 18.7. The molecular formula is C39H43N9O7. The molecule has 3 aromatic heterocycles. The summed E-state index contributed by atoms with van der Waals surface area (Å²) in [7, 11) is 3.48. The van der Waals surface area contributed by atoms with Crippen LogP contribution in [0.5, 0.6) is 5.75 Å². The number of piperidine rings is 1. The summed E-state index contributed by atoms with van der Waals surface area (Å²) in [6.07, 6.45) is 10.6. The van der Waals surface area contributed by atoms with Gasteiger partial charge in [0, 0.05) is 50.9 Å². The smallest absolute Gasteiger partial charge is 0.270 e. The second kappa shape index (κ2) is 16.0. The molecule has 7 rings (SSSR count). The summed E-state index contributed by atoms with van der Waals surface area (Å²) in [6.45, 7) is 0.795. The zero-order chi connectivity index (χ0) is 38.6. The predicted molar refractivity (Wildman–Crippen MR) is 200 cm³/mol. The molecule has 1 atom stereocenters. The Morgan fingerprint density at radius 1 is 0.945 bits per heavy atom. The molecule has 0 spiro atoms. The summed E-state index contributed by atoms with van der Waals surface area (Å²) in [6, 6.07) is 9.18. The third-order valence-electron chi connectivity index (χ3n) is 10.2. The highest BCUT2D eigenvalue weighted by Gasteiger charge is 2.46. The molecular weight excluding hydrogens is 706 g/mol. The number of carbonyl (C=O) groups is 6. The van der Waals surface area contributed by atoms with Gasteiger partial charge in [-0.25, -0.2) is 9.97 Å². The van der Waals surface area contributed by atoms with Gasteiger partial charge in [0.05, 0.1) is 23.3 Å². The third-order valence-corrected chi connectivity index (χ3v) is 10.2. The molecule has 0 bridgehead atoms. The average molecular weight is 750 g/mol. The molecule has 0 radical (unpaired) electrons. The van der Waals surface area contributed by atoms with Gasteiger partial charge < -0.3 is 24.8 Å². The van der Waals surface area contributed by atoms with E-state index in [-0.39, 0.29) is 47.6 Å². The number of fused-ring (bicyclic) bond motifs is 2. The first-order chi connectivity index (χ1) is 26.6. The fourth-order valence-corrected chi connectivity index (χ4v) is 7.38. The molecule has 1 unspecified atom stereocenters. The fraction of sp³-hybridized carbons (Fsp3) is 0.410. The van der Waals surface area contributed by atoms with Gasteiger partial charge in [-0.05, 0) is 62.4 Å². The minimum absolute atomic E-state index is 0.0503. The molecule has 1 aliphatic carbocycles. The van der Waals surface area contributed by atoms with Crippen LogP contribution in [-0.2, 0) is 9.59 Å². The molecule has 5 heterocycles. The van der Waals surface area contributed by atoms with Crippen LogP contribution in [-0.4, -0.2) is 98.1 Å². The van der Waals surface area contributed by atoms with Gasteiger partial charge in [0.25, 0.3) is 23.6 Å². The summed E-state index contributed by atoms with van der Waals surface area (Å²) in [5, 5.41) is 9.03. The van der Waals surface area contributed by atoms with Gasteiger partial charge in [-0.3, -0.25) is 39.0 Å². The minimum atomic E-state index is -1.04. The average Bonchev–Trinajstić information content (AvgIpc) is 3.90. The normalized spacial score (nSPS) is 17.1. The van der Waals surface area contributed by atoms with E-state index in [9.17, 15) is 28.8 Å². The van der Waals surface area contributed by atoms with Crippen LogP contribution in [0.15, 0.2) is 48.8 Å². The molecule has 1 saturated heterocycles. The molecule has 2 fully saturated rings. The Bertz CT molecular complexity index is 2160. The number of ether oxygens (including phenoxy) is 1. The van der Waals surface area contributed by atoms with E-state index in [1.807, 2.05) is 6.07 Å². The van der Waals surface area contributed by atoms with Crippen LogP contribution < -0.4 is 20.7 Å². The van der Waals surface area contributed by atoms with E-state index in [0.717, 1.165) is 55.2 Å². The van der Waals surface area contributed by atoms with Gasteiger partial charge in [0.2, 0.25) is 17.8 Å². The molecule has 1 saturated carbocycles. The van der Waals surface area contributed by atoms with Gasteiger partial charge in [-0.15, -0.1) is 0 Å². The number of imide groups is 2. The highest BCUT2D eigenvalue weighted by molar-refractivity contribution is 6.24. The molecule has 3 N–H and O–H groups in total. The topological polar surface area (TPSA) is 198 Å². The number of unbranched alkanes of at least 4 members (excludes halogenated alkanes) is 3. The summed E-state index contributed by atoms with van der Waals surface area (Å²) in [5.74, 6) is -1.48. The molecule has 286 valence electrons. The van der Waals surface area contributed by atoms with Crippen molar-refractivity contribution >= 4 is 58.2 Å². The van der Waals surface area contributed by atoms with Gasteiger partial charge in [0.1, 0.15) is 29.0 Å². The van der Waals surface area contributed by atoms with Crippen LogP contribution in [0.4, 0.5) is 11.8 Å². The lowest BCUT2D eigenvalue weighted by Crippen LogP contribution is -2.54. The van der Waals surface area contributed by atoms with Gasteiger partial charge >= 0.3 is 0 Å². The number of amides is 6. The number of aromatic nitrogens is 4. The number of hydrogen-bond acceptors (Lipinski definition) is 11. The second-order valence-corrected chi connectivity index (χ2v) is 14.2. The van der Waals surface area contributed by atoms with Crippen molar-refractivity contribution in [2.45, 2.75) is 76.3 Å². The van der Waals surface area contributed by atoms with Gasteiger partial charge in [0.15, 0.2) is 0 Å². The molecule has 16 heteroatoms. The zero-order valence-electron chi connectivity index (χ0n) is 30.8. The van der Waals surface area contributed by atoms with E-state index < -0.39 is 29.7 Å². The largest absolute Gasteiger partial charge is 0.493 e. The summed E-state index contributed by atoms with van der Waals surface area (Å²) < 4.78 is 7.95. The number of nitrogens with one attached hydrogen (secondary N) is 3. The van der Waals surface area contributed by atoms with Crippen molar-refractivity contribution in [1.82, 2.24) is 40.0 Å². The molecule has 3 aliphatic rings. The lowest BCUT2D eigenvalue weighted by molar-refractivity contribution is -0.136. The van der Waals surface area contributed by atoms with Crippen molar-refractivity contribution < 1.29 is 33.5 Å². The Kier molecular flexibility index (Phi) is 10.8. The standard InChI is InChI=1S/C39H43N9O7/c1-46(2)37(53)28-20-24-22-42-39(45-33(24)47(28)25-10-5-6-11-25)43-30-16-14-23(21-41-30)34(50)40-18-7-3-4-8-19-55-29-13-9-12-26-32(29)38(54)48(36(26)52)27-15-17-31(49)44-35(27)51/h9,12-14,16,20-22,25,27H,3-8,10-11,15,17-19H2,1-2H3,(H,40,50)(H,44,49,51)(H,41,42,43,45). The van der Waals surface area contributed by atoms with Crippen LogP contribution in [0, 0.1) is 0 Å². The van der Waals surface area contributed by atoms with Crippen molar-refractivity contribution in [1.29, 1.82) is 0 Å². The Morgan fingerprint density at radius 2 is 1.75 bits per heavy atom. The maximum atomic E-state index is 13.2. The van der Waals surface area contributed by atoms with E-state index in [1.54, 1.807) is 49.5 Å². The van der Waals surface area contributed by atoms with Crippen molar-refractivity contribution in [2.24, 2.45) is 0 Å². The van der Waals surface area contributed by atoms with Crippen LogP contribution in [0.2, 0.25) is 0 Å². The first-order valence-corrected chi connectivity index (χ1v) is 18.7. The summed E-state index contributed by atoms with van der Waals surface area (Å²) in [4.78, 5) is 92.1. The summed E-state index contributed by atoms with van der Waals surface area (Å²) in [5.41, 5.74) is 2.03. The monoisotopic (exact) mass is 749 g/mol. The second-order valence-electron chi connectivity index (χ2n) is 14.2. The fourth-order valence-electron chi connectivity index (χ4n) is 7.38. The lowest BCUT2D eigenvalue weighted by Gasteiger charge is -2.27. The van der Waals surface area contributed by atoms with E-state index >= 15 is 0 Å². The molecule has 2 aliphatic heterocycles. The zero-order valence-corrected chi connectivity index (χ0v) is 30.8. The van der Waals surface area contributed by atoms with Crippen LogP contribution >= 0.6 is 0 Å². The van der Waals surface area contributed by atoms with Crippen molar-refractivity contribution in [3.8, 4) is 5.75 Å². The number of pyridine rings is 1. The number of hydrogen-bond donors (Lipinski definition) is 3. The highest BCUT2D eigenvalue weighted by Crippen LogP contribution is 2.36. The van der Waals surface area contributed by atoms with Crippen LogP contribution in [0.3, 0.4) is 0 Å². The minimum Gasteiger partial charge on any atom is -0.493 e. The Hall–Kier alpha value is -6.19. The van der Waals surface area contributed by atoms with Crippen LogP contribution in [0.1, 0.15) is 112 Å². The van der Waals surface area contributed by atoms with E-state index in [1.165, 1.54) is 12.3 Å². The summed E-state index contributed by atoms with van der Waals surface area (Å²) >= 11 is 0. The highest BCUT2D eigenvalue weighted by atomic mass is 16.5. The van der Waals surface area contributed by atoms with Crippen molar-refractivity contribution in [3.05, 3.63) is 71.2 Å². The number of benzene rings is 1. The van der Waals surface area contributed by atoms with E-state index in [0.29, 0.717) is 48.2 Å². The SMILES string of the molecule is CN(C)C(=O)c1cc2cnc(Nc3ccc(C(=O)NCCCCCCOc4cccc5c4C(=O)N(C4CCC(=O)NC4=O)C5=O)cn3)nc2n1C1CCCC1. The predicted octanol–water partition coefficient (Wildman–Crippen LogP) is 4.16. The molecule has 55 heavy (non-hydrogen) atoms. The quantitative estimate of drug-likeness (QED) is 0.124. The third kappa shape index (κ3) is 7.75. The molecule has 1 aromatic carbocycles. The number of anilines is 2. The Morgan fingerprint density at radius 3 is 2.49 bits per heavy atom. The number of nitrogens with zero attached hydrogens (tertiary/aromatic N) is 6. The number of rotatable bonds is 14. The maximum absolute atomic E-state index is 13.2. The molecule has 16 nitrogen and oxygen atoms in total. The van der Waals surface area contributed by atoms with Gasteiger partial charge in [-0.2, -0.15) is 4.98 Å². The Balaban J connectivity index is 0.851. The maximum Gasteiger partial charge on any atom is 0.270 e. The Labute approximate surface area is 317 Å². The van der Waals surface area contributed by atoms with Crippen molar-refractivity contribution in [3.63, 3.8) is 0 Å². The van der Waals surface area contributed by atoms with E-state index in [4.69, 9.17) is 9.72 Å². The first kappa shape index (κ1) is 37.1. The van der Waals surface area contributed by atoms with Crippen molar-refractivity contribution in [2.75, 3.05) is 32.6 Å². The van der Waals surface area contributed by atoms with E-state index in [2.05, 4.69) is 30.5 Å². The molecule has 6 amide bonds. The number of carbonyl (C=O) groups excluding carboxylic acids is 6. The molecule has 4 aromatic rings.